The number of nitrogens with zero attached hydrogens (tertiary/aromatic N) is 4. The van der Waals surface area contributed by atoms with E-state index in [1.807, 2.05) is 11.9 Å². The van der Waals surface area contributed by atoms with E-state index in [0.717, 1.165) is 19.3 Å². The SMILES string of the molecule is CN(c1nc2c(C#N)cc(C(N)=O)cc2s1)C1(c2ncccc2F)CCC1. The van der Waals surface area contributed by atoms with Crippen LogP contribution in [0.5, 0.6) is 0 Å². The molecule has 1 amide bonds. The Hall–Kier alpha value is -3.05. The maximum atomic E-state index is 14.4. The highest BCUT2D eigenvalue weighted by Crippen LogP contribution is 2.48. The Bertz CT molecular complexity index is 1100. The Morgan fingerprint density at radius 3 is 2.81 bits per heavy atom. The van der Waals surface area contributed by atoms with Crippen LogP contribution >= 0.6 is 11.3 Å². The second-order valence-corrected chi connectivity index (χ2v) is 7.63. The molecule has 2 heterocycles. The Balaban J connectivity index is 1.83. The summed E-state index contributed by atoms with van der Waals surface area (Å²) in [5.74, 6) is -0.929. The van der Waals surface area contributed by atoms with Gasteiger partial charge in [-0.15, -0.1) is 0 Å². The van der Waals surface area contributed by atoms with E-state index < -0.39 is 11.4 Å². The van der Waals surface area contributed by atoms with Gasteiger partial charge in [0.05, 0.1) is 15.8 Å². The van der Waals surface area contributed by atoms with Crippen LogP contribution in [0.1, 0.15) is 40.9 Å². The number of anilines is 1. The molecule has 8 heteroatoms. The number of nitrogens with two attached hydrogens (primary N) is 1. The van der Waals surface area contributed by atoms with Crippen LogP contribution in [-0.4, -0.2) is 22.9 Å². The van der Waals surface area contributed by atoms with E-state index in [0.29, 0.717) is 26.6 Å². The van der Waals surface area contributed by atoms with Gasteiger partial charge in [-0.2, -0.15) is 5.26 Å². The number of hydrogen-bond acceptors (Lipinski definition) is 6. The second kappa shape index (κ2) is 6.28. The van der Waals surface area contributed by atoms with Crippen LogP contribution in [0, 0.1) is 17.1 Å². The summed E-state index contributed by atoms with van der Waals surface area (Å²) in [6, 6.07) is 8.16. The first-order valence-corrected chi connectivity index (χ1v) is 9.27. The summed E-state index contributed by atoms with van der Waals surface area (Å²) in [7, 11) is 1.87. The summed E-state index contributed by atoms with van der Waals surface area (Å²) in [6.45, 7) is 0. The van der Waals surface area contributed by atoms with Crippen molar-refractivity contribution in [3.05, 3.63) is 53.1 Å². The molecule has 0 atom stereocenters. The molecule has 1 aliphatic rings. The molecule has 1 aliphatic carbocycles. The summed E-state index contributed by atoms with van der Waals surface area (Å²) in [4.78, 5) is 22.4. The van der Waals surface area contributed by atoms with Crippen molar-refractivity contribution < 1.29 is 9.18 Å². The Morgan fingerprint density at radius 2 is 2.22 bits per heavy atom. The molecule has 2 aromatic heterocycles. The standard InChI is InChI=1S/C19H16FN5OS/c1-25(19(5-3-6-19)16-13(20)4-2-7-23-16)18-24-15-12(10-21)8-11(17(22)26)9-14(15)27-18/h2,4,7-9H,3,5-6H2,1H3,(H2,22,26). The van der Waals surface area contributed by atoms with E-state index in [1.54, 1.807) is 18.3 Å². The summed E-state index contributed by atoms with van der Waals surface area (Å²) < 4.78 is 15.1. The van der Waals surface area contributed by atoms with Crippen molar-refractivity contribution in [2.75, 3.05) is 11.9 Å². The zero-order chi connectivity index (χ0) is 19.2. The van der Waals surface area contributed by atoms with Gasteiger partial charge >= 0.3 is 0 Å². The fourth-order valence-corrected chi connectivity index (χ4v) is 4.63. The predicted molar refractivity (Wildman–Crippen MR) is 101 cm³/mol. The second-order valence-electron chi connectivity index (χ2n) is 6.62. The highest BCUT2D eigenvalue weighted by atomic mass is 32.1. The molecule has 1 aromatic carbocycles. The van der Waals surface area contributed by atoms with Crippen LogP contribution in [0.4, 0.5) is 9.52 Å². The quantitative estimate of drug-likeness (QED) is 0.748. The van der Waals surface area contributed by atoms with Gasteiger partial charge < -0.3 is 10.6 Å². The van der Waals surface area contributed by atoms with Gasteiger partial charge in [-0.05, 0) is 43.5 Å². The number of amides is 1. The van der Waals surface area contributed by atoms with Gasteiger partial charge in [-0.1, -0.05) is 11.3 Å². The minimum absolute atomic E-state index is 0.269. The largest absolute Gasteiger partial charge is 0.366 e. The monoisotopic (exact) mass is 381 g/mol. The lowest BCUT2D eigenvalue weighted by Gasteiger charge is -2.48. The molecule has 136 valence electrons. The van der Waals surface area contributed by atoms with Crippen molar-refractivity contribution in [3.63, 3.8) is 0 Å². The number of benzene rings is 1. The highest BCUT2D eigenvalue weighted by molar-refractivity contribution is 7.22. The number of fused-ring (bicyclic) bond motifs is 1. The molecule has 1 saturated carbocycles. The number of aromatic nitrogens is 2. The number of carbonyl (C=O) groups excluding carboxylic acids is 1. The first kappa shape index (κ1) is 17.4. The number of nitriles is 1. The number of pyridine rings is 1. The normalized spacial score (nSPS) is 15.1. The van der Waals surface area contributed by atoms with E-state index >= 15 is 0 Å². The first-order valence-electron chi connectivity index (χ1n) is 8.45. The van der Waals surface area contributed by atoms with Gasteiger partial charge in [0.1, 0.15) is 23.1 Å². The minimum atomic E-state index is -0.595. The molecule has 4 rings (SSSR count). The lowest BCUT2D eigenvalue weighted by Crippen LogP contribution is -2.50. The molecular formula is C19H16FN5OS. The molecule has 1 fully saturated rings. The van der Waals surface area contributed by atoms with Crippen LogP contribution in [0.25, 0.3) is 10.2 Å². The third kappa shape index (κ3) is 2.62. The molecule has 0 spiro atoms. The number of hydrogen-bond donors (Lipinski definition) is 1. The predicted octanol–water partition coefficient (Wildman–Crippen LogP) is 3.32. The first-order chi connectivity index (χ1) is 13.0. The van der Waals surface area contributed by atoms with Crippen LogP contribution in [0.15, 0.2) is 30.5 Å². The molecule has 0 saturated heterocycles. The van der Waals surface area contributed by atoms with Gasteiger partial charge in [0.15, 0.2) is 5.13 Å². The number of thiazole rings is 1. The number of halogens is 1. The summed E-state index contributed by atoms with van der Waals surface area (Å²) in [5.41, 5.74) is 6.30. The van der Waals surface area contributed by atoms with Crippen molar-refractivity contribution in [1.82, 2.24) is 9.97 Å². The fourth-order valence-electron chi connectivity index (χ4n) is 3.54. The molecule has 0 radical (unpaired) electrons. The topological polar surface area (TPSA) is 95.9 Å². The summed E-state index contributed by atoms with van der Waals surface area (Å²) in [6.07, 6.45) is 4.11. The number of rotatable bonds is 4. The molecule has 6 nitrogen and oxygen atoms in total. The van der Waals surface area contributed by atoms with Crippen LogP contribution in [-0.2, 0) is 5.54 Å². The molecule has 0 bridgehead atoms. The molecule has 0 unspecified atom stereocenters. The van der Waals surface area contributed by atoms with E-state index in [9.17, 15) is 14.4 Å². The Morgan fingerprint density at radius 1 is 1.44 bits per heavy atom. The number of carbonyl (C=O) groups is 1. The van der Waals surface area contributed by atoms with Crippen LogP contribution in [0.3, 0.4) is 0 Å². The van der Waals surface area contributed by atoms with Crippen molar-refractivity contribution in [1.29, 1.82) is 5.26 Å². The van der Waals surface area contributed by atoms with Gasteiger partial charge in [-0.3, -0.25) is 9.78 Å². The van der Waals surface area contributed by atoms with E-state index in [1.165, 1.54) is 23.5 Å². The van der Waals surface area contributed by atoms with Gasteiger partial charge in [0.25, 0.3) is 0 Å². The zero-order valence-electron chi connectivity index (χ0n) is 14.6. The van der Waals surface area contributed by atoms with Crippen molar-refractivity contribution in [3.8, 4) is 6.07 Å². The van der Waals surface area contributed by atoms with E-state index in [-0.39, 0.29) is 11.4 Å². The average Bonchev–Trinajstić information content (AvgIpc) is 3.05. The van der Waals surface area contributed by atoms with Crippen LogP contribution < -0.4 is 10.6 Å². The smallest absolute Gasteiger partial charge is 0.248 e. The van der Waals surface area contributed by atoms with E-state index in [2.05, 4.69) is 16.0 Å². The average molecular weight is 381 g/mol. The lowest BCUT2D eigenvalue weighted by molar-refractivity contribution is 0.100. The Kier molecular flexibility index (Phi) is 4.04. The van der Waals surface area contributed by atoms with Crippen molar-refractivity contribution in [2.45, 2.75) is 24.8 Å². The van der Waals surface area contributed by atoms with Gasteiger partial charge in [0, 0.05) is 18.8 Å². The lowest BCUT2D eigenvalue weighted by atomic mass is 9.73. The summed E-state index contributed by atoms with van der Waals surface area (Å²) >= 11 is 1.35. The molecule has 2 N–H and O–H groups in total. The van der Waals surface area contributed by atoms with Crippen LogP contribution in [0.2, 0.25) is 0 Å². The molecule has 27 heavy (non-hydrogen) atoms. The maximum absolute atomic E-state index is 14.4. The third-order valence-corrected chi connectivity index (χ3v) is 6.28. The van der Waals surface area contributed by atoms with Crippen molar-refractivity contribution >= 4 is 32.6 Å². The molecule has 3 aromatic rings. The summed E-state index contributed by atoms with van der Waals surface area (Å²) in [5, 5.41) is 10.1. The zero-order valence-corrected chi connectivity index (χ0v) is 15.4. The van der Waals surface area contributed by atoms with Crippen molar-refractivity contribution in [2.24, 2.45) is 5.73 Å². The minimum Gasteiger partial charge on any atom is -0.366 e. The fraction of sp³-hybridized carbons (Fsp3) is 0.263. The Labute approximate surface area is 159 Å². The third-order valence-electron chi connectivity index (χ3n) is 5.20. The number of primary amides is 1. The van der Waals surface area contributed by atoms with Gasteiger partial charge in [0.2, 0.25) is 5.91 Å². The van der Waals surface area contributed by atoms with E-state index in [4.69, 9.17) is 5.73 Å². The highest BCUT2D eigenvalue weighted by Gasteiger charge is 2.46. The maximum Gasteiger partial charge on any atom is 0.248 e. The molecular weight excluding hydrogens is 365 g/mol. The van der Waals surface area contributed by atoms with Gasteiger partial charge in [-0.25, -0.2) is 9.37 Å². The molecule has 0 aliphatic heterocycles.